The number of benzene rings is 1. The van der Waals surface area contributed by atoms with Crippen LogP contribution in [0.2, 0.25) is 0 Å². The maximum Gasteiger partial charge on any atom is 0.136 e. The summed E-state index contributed by atoms with van der Waals surface area (Å²) in [6, 6.07) is 5.89. The molecule has 0 aliphatic carbocycles. The number of anilines is 1. The first-order valence-corrected chi connectivity index (χ1v) is 6.00. The number of aromatic nitrogens is 2. The van der Waals surface area contributed by atoms with Crippen LogP contribution in [0, 0.1) is 0 Å². The minimum absolute atomic E-state index is 0.502. The molecule has 2 aromatic rings. The van der Waals surface area contributed by atoms with Crippen LogP contribution in [0.4, 0.5) is 5.69 Å². The van der Waals surface area contributed by atoms with Gasteiger partial charge < -0.3 is 19.9 Å². The minimum Gasteiger partial charge on any atom is -0.397 e. The lowest BCUT2D eigenvalue weighted by molar-refractivity contribution is 0.174. The lowest BCUT2D eigenvalue weighted by Gasteiger charge is -2.13. The maximum absolute atomic E-state index is 5.96. The van der Waals surface area contributed by atoms with Gasteiger partial charge in [-0.1, -0.05) is 6.07 Å². The van der Waals surface area contributed by atoms with Crippen molar-refractivity contribution in [1.29, 1.82) is 0 Å². The first-order chi connectivity index (χ1) is 8.63. The number of ether oxygens (including phenoxy) is 1. The van der Waals surface area contributed by atoms with Crippen LogP contribution in [-0.2, 0) is 17.9 Å². The Labute approximate surface area is 107 Å². The van der Waals surface area contributed by atoms with E-state index in [4.69, 9.17) is 10.5 Å². The quantitative estimate of drug-likeness (QED) is 0.811. The second-order valence-corrected chi connectivity index (χ2v) is 4.63. The van der Waals surface area contributed by atoms with Gasteiger partial charge in [0.25, 0.3) is 0 Å². The second-order valence-electron chi connectivity index (χ2n) is 4.63. The molecular formula is C13H20N4O. The van der Waals surface area contributed by atoms with Gasteiger partial charge in [0.05, 0.1) is 11.2 Å². The van der Waals surface area contributed by atoms with Crippen molar-refractivity contribution in [3.63, 3.8) is 0 Å². The molecule has 1 aromatic heterocycles. The van der Waals surface area contributed by atoms with Crippen LogP contribution in [0.25, 0.3) is 11.0 Å². The van der Waals surface area contributed by atoms with E-state index in [9.17, 15) is 0 Å². The molecule has 0 aliphatic rings. The van der Waals surface area contributed by atoms with E-state index >= 15 is 0 Å². The number of fused-ring (bicyclic) bond motifs is 1. The largest absolute Gasteiger partial charge is 0.397 e. The van der Waals surface area contributed by atoms with Crippen molar-refractivity contribution in [3.05, 3.63) is 24.0 Å². The fourth-order valence-electron chi connectivity index (χ4n) is 2.01. The Morgan fingerprint density at radius 2 is 2.17 bits per heavy atom. The molecule has 18 heavy (non-hydrogen) atoms. The third-order valence-electron chi connectivity index (χ3n) is 2.93. The van der Waals surface area contributed by atoms with Gasteiger partial charge in [-0.05, 0) is 26.2 Å². The predicted molar refractivity (Wildman–Crippen MR) is 73.4 cm³/mol. The van der Waals surface area contributed by atoms with Gasteiger partial charge in [-0.2, -0.15) is 0 Å². The van der Waals surface area contributed by atoms with Gasteiger partial charge in [0.2, 0.25) is 0 Å². The molecule has 1 aromatic carbocycles. The van der Waals surface area contributed by atoms with E-state index in [2.05, 4.69) is 28.5 Å². The molecule has 1 heterocycles. The lowest BCUT2D eigenvalue weighted by Crippen LogP contribution is -2.19. The zero-order valence-corrected chi connectivity index (χ0v) is 11.2. The number of likely N-dealkylation sites (N-methyl/N-ethyl adjacent to an activating group) is 1. The molecule has 2 N–H and O–H groups in total. The maximum atomic E-state index is 5.96. The molecule has 0 fully saturated rings. The van der Waals surface area contributed by atoms with E-state index in [0.29, 0.717) is 12.3 Å². The Morgan fingerprint density at radius 1 is 1.39 bits per heavy atom. The zero-order chi connectivity index (χ0) is 13.1. The number of nitrogen functional groups attached to an aromatic ring is 1. The van der Waals surface area contributed by atoms with Crippen molar-refractivity contribution in [2.45, 2.75) is 13.2 Å². The molecule has 0 unspecified atom stereocenters. The molecule has 98 valence electrons. The molecule has 0 aliphatic heterocycles. The Bertz CT molecular complexity index is 533. The summed E-state index contributed by atoms with van der Waals surface area (Å²) in [7, 11) is 5.80. The van der Waals surface area contributed by atoms with Crippen molar-refractivity contribution in [1.82, 2.24) is 14.5 Å². The number of hydrogen-bond acceptors (Lipinski definition) is 4. The van der Waals surface area contributed by atoms with Gasteiger partial charge in [-0.3, -0.25) is 0 Å². The number of hydrogen-bond donors (Lipinski definition) is 1. The van der Waals surface area contributed by atoms with Gasteiger partial charge in [0.15, 0.2) is 0 Å². The average molecular weight is 248 g/mol. The summed E-state index contributed by atoms with van der Waals surface area (Å²) in [5.74, 6) is 0.923. The van der Waals surface area contributed by atoms with Gasteiger partial charge in [-0.25, -0.2) is 4.98 Å². The molecule has 0 bridgehead atoms. The Hall–Kier alpha value is -1.59. The number of methoxy groups -OCH3 is 1. The van der Waals surface area contributed by atoms with Crippen LogP contribution in [0.5, 0.6) is 0 Å². The number of para-hydroxylation sites is 1. The highest BCUT2D eigenvalue weighted by molar-refractivity contribution is 5.87. The summed E-state index contributed by atoms with van der Waals surface area (Å²) in [6.07, 6.45) is 0. The average Bonchev–Trinajstić information content (AvgIpc) is 2.66. The van der Waals surface area contributed by atoms with Crippen molar-refractivity contribution in [2.75, 3.05) is 33.5 Å². The van der Waals surface area contributed by atoms with Crippen LogP contribution in [0.15, 0.2) is 18.2 Å². The molecule has 0 spiro atoms. The van der Waals surface area contributed by atoms with Crippen LogP contribution in [-0.4, -0.2) is 42.2 Å². The fourth-order valence-corrected chi connectivity index (χ4v) is 2.01. The highest BCUT2D eigenvalue weighted by atomic mass is 16.5. The van der Waals surface area contributed by atoms with Gasteiger partial charge >= 0.3 is 0 Å². The normalized spacial score (nSPS) is 11.6. The van der Waals surface area contributed by atoms with E-state index in [1.54, 1.807) is 7.11 Å². The SMILES string of the molecule is COCc1nc2c(N)cccc2n1CCN(C)C. The molecule has 5 nitrogen and oxygen atoms in total. The van der Waals surface area contributed by atoms with E-state index in [0.717, 1.165) is 29.9 Å². The van der Waals surface area contributed by atoms with E-state index in [-0.39, 0.29) is 0 Å². The lowest BCUT2D eigenvalue weighted by atomic mass is 10.3. The summed E-state index contributed by atoms with van der Waals surface area (Å²) in [5, 5.41) is 0. The first kappa shape index (κ1) is 12.9. The van der Waals surface area contributed by atoms with E-state index in [1.165, 1.54) is 0 Å². The topological polar surface area (TPSA) is 56.3 Å². The first-order valence-electron chi connectivity index (χ1n) is 6.00. The second kappa shape index (κ2) is 5.37. The summed E-state index contributed by atoms with van der Waals surface area (Å²) in [5.41, 5.74) is 8.62. The molecule has 0 atom stereocenters. The fraction of sp³-hybridized carbons (Fsp3) is 0.462. The van der Waals surface area contributed by atoms with Crippen molar-refractivity contribution in [3.8, 4) is 0 Å². The Balaban J connectivity index is 2.45. The molecule has 0 amide bonds. The number of imidazole rings is 1. The molecule has 0 saturated heterocycles. The van der Waals surface area contributed by atoms with Crippen LogP contribution in [0.1, 0.15) is 5.82 Å². The molecule has 5 heteroatoms. The molecule has 0 radical (unpaired) electrons. The molecular weight excluding hydrogens is 228 g/mol. The van der Waals surface area contributed by atoms with Crippen molar-refractivity contribution in [2.24, 2.45) is 0 Å². The van der Waals surface area contributed by atoms with E-state index in [1.807, 2.05) is 18.2 Å². The van der Waals surface area contributed by atoms with Gasteiger partial charge in [0.1, 0.15) is 17.9 Å². The summed E-state index contributed by atoms with van der Waals surface area (Å²) >= 11 is 0. The summed E-state index contributed by atoms with van der Waals surface area (Å²) < 4.78 is 7.38. The molecule has 0 saturated carbocycles. The van der Waals surface area contributed by atoms with Crippen LogP contribution < -0.4 is 5.73 Å². The van der Waals surface area contributed by atoms with Crippen LogP contribution in [0.3, 0.4) is 0 Å². The van der Waals surface area contributed by atoms with E-state index < -0.39 is 0 Å². The number of nitrogens with two attached hydrogens (primary N) is 1. The van der Waals surface area contributed by atoms with Crippen LogP contribution >= 0.6 is 0 Å². The monoisotopic (exact) mass is 248 g/mol. The zero-order valence-electron chi connectivity index (χ0n) is 11.2. The highest BCUT2D eigenvalue weighted by Crippen LogP contribution is 2.22. The minimum atomic E-state index is 0.502. The third kappa shape index (κ3) is 2.47. The summed E-state index contributed by atoms with van der Waals surface area (Å²) in [6.45, 7) is 2.34. The number of rotatable bonds is 5. The third-order valence-corrected chi connectivity index (χ3v) is 2.93. The smallest absolute Gasteiger partial charge is 0.136 e. The summed E-state index contributed by atoms with van der Waals surface area (Å²) in [4.78, 5) is 6.72. The Morgan fingerprint density at radius 3 is 2.83 bits per heavy atom. The highest BCUT2D eigenvalue weighted by Gasteiger charge is 2.12. The van der Waals surface area contributed by atoms with Gasteiger partial charge in [0, 0.05) is 20.2 Å². The predicted octanol–water partition coefficient (Wildman–Crippen LogP) is 1.33. The van der Waals surface area contributed by atoms with Crippen molar-refractivity contribution >= 4 is 16.7 Å². The molecule has 2 rings (SSSR count). The standard InChI is InChI=1S/C13H20N4O/c1-16(2)7-8-17-11-6-4-5-10(14)13(11)15-12(17)9-18-3/h4-6H,7-9,14H2,1-3H3. The number of nitrogens with zero attached hydrogens (tertiary/aromatic N) is 3. The van der Waals surface area contributed by atoms with Crippen molar-refractivity contribution < 1.29 is 4.74 Å². The Kier molecular flexibility index (Phi) is 3.84. The van der Waals surface area contributed by atoms with Gasteiger partial charge in [-0.15, -0.1) is 0 Å².